The van der Waals surface area contributed by atoms with Crippen molar-refractivity contribution in [2.45, 2.75) is 32.4 Å². The Kier molecular flexibility index (Phi) is 2.78. The van der Waals surface area contributed by atoms with Gasteiger partial charge in [-0.25, -0.2) is 0 Å². The topological polar surface area (TPSA) is 15.3 Å². The Balaban J connectivity index is 2.11. The Morgan fingerprint density at radius 2 is 2.46 bits per heavy atom. The van der Waals surface area contributed by atoms with Gasteiger partial charge in [-0.15, -0.1) is 9.24 Å². The van der Waals surface area contributed by atoms with Crippen LogP contribution in [0.2, 0.25) is 0 Å². The predicted octanol–water partition coefficient (Wildman–Crippen LogP) is 1.75. The quantitative estimate of drug-likeness (QED) is 0.646. The highest BCUT2D eigenvalue weighted by atomic mass is 31.0. The predicted molar refractivity (Wildman–Crippen MR) is 59.3 cm³/mol. The standard InChI is InChI=1S/C10H19N2P/c1-8-6-11-10-9(7-13)4-2-3-5-12(8)10/h6,9-11H,2-5,7,13H2,1H3. The third-order valence-electron chi connectivity index (χ3n) is 3.23. The summed E-state index contributed by atoms with van der Waals surface area (Å²) < 4.78 is 0. The van der Waals surface area contributed by atoms with Gasteiger partial charge in [0.05, 0.1) is 0 Å². The van der Waals surface area contributed by atoms with Crippen LogP contribution in [-0.4, -0.2) is 23.8 Å². The first-order valence-electron chi connectivity index (χ1n) is 5.22. The number of fused-ring (bicyclic) bond motifs is 1. The first kappa shape index (κ1) is 9.33. The minimum Gasteiger partial charge on any atom is -0.370 e. The Hall–Kier alpha value is -0.230. The minimum absolute atomic E-state index is 0.583. The number of allylic oxidation sites excluding steroid dienone is 1. The monoisotopic (exact) mass is 198 g/mol. The Morgan fingerprint density at radius 3 is 3.23 bits per heavy atom. The lowest BCUT2D eigenvalue weighted by Crippen LogP contribution is -2.42. The zero-order valence-corrected chi connectivity index (χ0v) is 9.45. The third kappa shape index (κ3) is 1.69. The molecule has 2 aliphatic heterocycles. The molecule has 2 aliphatic rings. The molecule has 3 heteroatoms. The van der Waals surface area contributed by atoms with Crippen LogP contribution in [0, 0.1) is 5.92 Å². The molecule has 0 aromatic heterocycles. The molecular formula is C10H19N2P. The van der Waals surface area contributed by atoms with E-state index < -0.39 is 0 Å². The van der Waals surface area contributed by atoms with Crippen LogP contribution in [0.4, 0.5) is 0 Å². The highest BCUT2D eigenvalue weighted by Crippen LogP contribution is 2.28. The van der Waals surface area contributed by atoms with Gasteiger partial charge < -0.3 is 10.2 Å². The molecule has 0 aliphatic carbocycles. The minimum atomic E-state index is 0.583. The molecule has 0 aromatic carbocycles. The fraction of sp³-hybridized carbons (Fsp3) is 0.800. The molecule has 1 saturated heterocycles. The molecule has 74 valence electrons. The number of hydrogen-bond donors (Lipinski definition) is 1. The number of nitrogens with zero attached hydrogens (tertiary/aromatic N) is 1. The van der Waals surface area contributed by atoms with Gasteiger partial charge in [-0.05, 0) is 25.9 Å². The highest BCUT2D eigenvalue weighted by Gasteiger charge is 2.31. The maximum Gasteiger partial charge on any atom is 0.102 e. The van der Waals surface area contributed by atoms with E-state index >= 15 is 0 Å². The number of nitrogens with one attached hydrogen (secondary N) is 1. The highest BCUT2D eigenvalue weighted by molar-refractivity contribution is 7.16. The van der Waals surface area contributed by atoms with Crippen LogP contribution in [0.15, 0.2) is 11.9 Å². The third-order valence-corrected chi connectivity index (χ3v) is 3.83. The summed E-state index contributed by atoms with van der Waals surface area (Å²) in [6, 6.07) is 0. The molecule has 2 heterocycles. The van der Waals surface area contributed by atoms with Crippen LogP contribution in [-0.2, 0) is 0 Å². The molecule has 2 nitrogen and oxygen atoms in total. The van der Waals surface area contributed by atoms with Crippen LogP contribution in [0.5, 0.6) is 0 Å². The maximum absolute atomic E-state index is 3.50. The molecule has 1 N–H and O–H groups in total. The molecule has 0 saturated carbocycles. The van der Waals surface area contributed by atoms with E-state index in [0.29, 0.717) is 6.17 Å². The fourth-order valence-electron chi connectivity index (χ4n) is 2.40. The smallest absolute Gasteiger partial charge is 0.102 e. The lowest BCUT2D eigenvalue weighted by Gasteiger charge is -2.31. The first-order chi connectivity index (χ1) is 6.33. The first-order valence-corrected chi connectivity index (χ1v) is 6.04. The molecule has 3 unspecified atom stereocenters. The van der Waals surface area contributed by atoms with Gasteiger partial charge in [-0.2, -0.15) is 0 Å². The molecule has 0 aromatic rings. The summed E-state index contributed by atoms with van der Waals surface area (Å²) in [5.74, 6) is 0.807. The van der Waals surface area contributed by atoms with E-state index in [-0.39, 0.29) is 0 Å². The molecule has 0 bridgehead atoms. The molecular weight excluding hydrogens is 179 g/mol. The van der Waals surface area contributed by atoms with Crippen molar-refractivity contribution >= 4 is 9.24 Å². The van der Waals surface area contributed by atoms with Crippen LogP contribution in [0.1, 0.15) is 26.2 Å². The van der Waals surface area contributed by atoms with E-state index in [4.69, 9.17) is 0 Å². The van der Waals surface area contributed by atoms with Crippen molar-refractivity contribution in [2.24, 2.45) is 5.92 Å². The van der Waals surface area contributed by atoms with Gasteiger partial charge in [0.1, 0.15) is 6.17 Å². The molecule has 3 atom stereocenters. The summed E-state index contributed by atoms with van der Waals surface area (Å²) in [6.07, 6.45) is 8.09. The lowest BCUT2D eigenvalue weighted by molar-refractivity contribution is 0.216. The van der Waals surface area contributed by atoms with Crippen molar-refractivity contribution in [2.75, 3.05) is 12.7 Å². The summed E-state index contributed by atoms with van der Waals surface area (Å²) in [7, 11) is 2.89. The summed E-state index contributed by atoms with van der Waals surface area (Å²) >= 11 is 0. The van der Waals surface area contributed by atoms with E-state index in [1.807, 2.05) is 0 Å². The second kappa shape index (κ2) is 3.88. The van der Waals surface area contributed by atoms with E-state index in [1.165, 1.54) is 37.7 Å². The largest absolute Gasteiger partial charge is 0.370 e. The van der Waals surface area contributed by atoms with Gasteiger partial charge in [0.15, 0.2) is 0 Å². The van der Waals surface area contributed by atoms with Gasteiger partial charge in [-0.3, -0.25) is 0 Å². The summed E-state index contributed by atoms with van der Waals surface area (Å²) in [4.78, 5) is 2.53. The number of hydrogen-bond acceptors (Lipinski definition) is 2. The average Bonchev–Trinajstić information content (AvgIpc) is 2.39. The van der Waals surface area contributed by atoms with Gasteiger partial charge in [0, 0.05) is 24.4 Å². The summed E-state index contributed by atoms with van der Waals surface area (Å²) in [5, 5.41) is 3.50. The van der Waals surface area contributed by atoms with Gasteiger partial charge >= 0.3 is 0 Å². The zero-order valence-electron chi connectivity index (χ0n) is 8.29. The van der Waals surface area contributed by atoms with Crippen molar-refractivity contribution in [1.29, 1.82) is 0 Å². The SMILES string of the molecule is CC1=CNC2C(CP)CCCCN12. The summed E-state index contributed by atoms with van der Waals surface area (Å²) in [5.41, 5.74) is 1.41. The second-order valence-electron chi connectivity index (χ2n) is 4.08. The fourth-order valence-corrected chi connectivity index (χ4v) is 2.89. The Morgan fingerprint density at radius 1 is 1.62 bits per heavy atom. The van der Waals surface area contributed by atoms with E-state index in [9.17, 15) is 0 Å². The molecule has 0 spiro atoms. The van der Waals surface area contributed by atoms with Crippen molar-refractivity contribution in [3.8, 4) is 0 Å². The second-order valence-corrected chi connectivity index (χ2v) is 4.55. The normalized spacial score (nSPS) is 33.4. The lowest BCUT2D eigenvalue weighted by atomic mass is 10.0. The van der Waals surface area contributed by atoms with Gasteiger partial charge in [-0.1, -0.05) is 6.42 Å². The van der Waals surface area contributed by atoms with Crippen LogP contribution < -0.4 is 5.32 Å². The van der Waals surface area contributed by atoms with Crippen LogP contribution in [0.25, 0.3) is 0 Å². The molecule has 13 heavy (non-hydrogen) atoms. The zero-order chi connectivity index (χ0) is 9.26. The van der Waals surface area contributed by atoms with E-state index in [2.05, 4.69) is 32.6 Å². The van der Waals surface area contributed by atoms with Gasteiger partial charge in [0.2, 0.25) is 0 Å². The molecule has 0 amide bonds. The molecule has 1 fully saturated rings. The van der Waals surface area contributed by atoms with Crippen molar-refractivity contribution in [3.05, 3.63) is 11.9 Å². The average molecular weight is 198 g/mol. The Bertz CT molecular complexity index is 215. The van der Waals surface area contributed by atoms with Crippen LogP contribution >= 0.6 is 9.24 Å². The van der Waals surface area contributed by atoms with E-state index in [0.717, 1.165) is 5.92 Å². The molecule has 2 rings (SSSR count). The van der Waals surface area contributed by atoms with Crippen molar-refractivity contribution < 1.29 is 0 Å². The molecule has 0 radical (unpaired) electrons. The summed E-state index contributed by atoms with van der Waals surface area (Å²) in [6.45, 7) is 3.44. The van der Waals surface area contributed by atoms with Crippen molar-refractivity contribution in [1.82, 2.24) is 10.2 Å². The van der Waals surface area contributed by atoms with Gasteiger partial charge in [0.25, 0.3) is 0 Å². The Labute approximate surface area is 83.0 Å². The van der Waals surface area contributed by atoms with Crippen molar-refractivity contribution in [3.63, 3.8) is 0 Å². The van der Waals surface area contributed by atoms with Crippen LogP contribution in [0.3, 0.4) is 0 Å². The van der Waals surface area contributed by atoms with E-state index in [1.54, 1.807) is 0 Å². The number of rotatable bonds is 1. The maximum atomic E-state index is 3.50.